The lowest BCUT2D eigenvalue weighted by Crippen LogP contribution is -2.44. The molecule has 7 heteroatoms. The summed E-state index contributed by atoms with van der Waals surface area (Å²) in [5, 5.41) is 0. The lowest BCUT2D eigenvalue weighted by atomic mass is 9.95. The highest BCUT2D eigenvalue weighted by molar-refractivity contribution is 7.89. The molecule has 1 saturated carbocycles. The van der Waals surface area contributed by atoms with E-state index in [0.717, 1.165) is 23.6 Å². The van der Waals surface area contributed by atoms with Crippen molar-refractivity contribution in [2.75, 3.05) is 13.1 Å². The van der Waals surface area contributed by atoms with Crippen molar-refractivity contribution in [1.29, 1.82) is 0 Å². The second-order valence-corrected chi connectivity index (χ2v) is 6.21. The van der Waals surface area contributed by atoms with Crippen LogP contribution >= 0.6 is 0 Å². The predicted octanol–water partition coefficient (Wildman–Crippen LogP) is 1.52. The largest absolute Gasteiger partial charge is 0.350 e. The van der Waals surface area contributed by atoms with E-state index in [0.29, 0.717) is 25.8 Å². The van der Waals surface area contributed by atoms with Crippen LogP contribution in [0.15, 0.2) is 0 Å². The minimum absolute atomic E-state index is 0.105. The van der Waals surface area contributed by atoms with E-state index in [1.165, 1.54) is 0 Å². The number of alkyl halides is 2. The Kier molecular flexibility index (Phi) is 5.75. The van der Waals surface area contributed by atoms with E-state index in [-0.39, 0.29) is 12.6 Å². The summed E-state index contributed by atoms with van der Waals surface area (Å²) in [7, 11) is -4.47. The molecule has 0 atom stereocenters. The molecule has 0 bridgehead atoms. The lowest BCUT2D eigenvalue weighted by Gasteiger charge is -2.33. The van der Waals surface area contributed by atoms with Crippen molar-refractivity contribution in [2.45, 2.75) is 50.3 Å². The fourth-order valence-electron chi connectivity index (χ4n) is 2.24. The molecule has 0 aliphatic heterocycles. The van der Waals surface area contributed by atoms with Gasteiger partial charge in [-0.15, -0.1) is 0 Å². The molecular weight excluding hydrogens is 250 g/mol. The molecule has 17 heavy (non-hydrogen) atoms. The summed E-state index contributed by atoms with van der Waals surface area (Å²) in [5.74, 6) is -3.33. The van der Waals surface area contributed by atoms with E-state index < -0.39 is 15.8 Å². The predicted molar refractivity (Wildman–Crippen MR) is 62.2 cm³/mol. The molecule has 0 radical (unpaired) electrons. The first-order valence-corrected chi connectivity index (χ1v) is 7.49. The minimum atomic E-state index is -4.47. The number of hydrogen-bond acceptors (Lipinski definition) is 3. The molecule has 0 heterocycles. The number of sulfonamides is 1. The number of halogens is 2. The molecule has 0 aromatic rings. The van der Waals surface area contributed by atoms with Gasteiger partial charge in [-0.1, -0.05) is 19.3 Å². The standard InChI is InChI=1S/C10H20F2N2O2S/c11-10(12)17(15,16)14(8-4-7-13)9-5-2-1-3-6-9/h9-10H,1-8,13H2. The van der Waals surface area contributed by atoms with Gasteiger partial charge in [0.2, 0.25) is 0 Å². The van der Waals surface area contributed by atoms with E-state index in [4.69, 9.17) is 5.73 Å². The Bertz CT molecular complexity index is 316. The van der Waals surface area contributed by atoms with Crippen LogP contribution < -0.4 is 5.73 Å². The van der Waals surface area contributed by atoms with E-state index in [1.54, 1.807) is 0 Å². The first-order valence-electron chi connectivity index (χ1n) is 5.99. The molecule has 1 aliphatic carbocycles. The summed E-state index contributed by atoms with van der Waals surface area (Å²) in [4.78, 5) is 0. The Morgan fingerprint density at radius 3 is 2.29 bits per heavy atom. The van der Waals surface area contributed by atoms with Crippen LogP contribution in [-0.4, -0.2) is 37.6 Å². The van der Waals surface area contributed by atoms with Gasteiger partial charge >= 0.3 is 5.76 Å². The van der Waals surface area contributed by atoms with Gasteiger partial charge in [-0.05, 0) is 25.8 Å². The van der Waals surface area contributed by atoms with Crippen LogP contribution in [0.5, 0.6) is 0 Å². The molecule has 102 valence electrons. The Morgan fingerprint density at radius 1 is 1.24 bits per heavy atom. The van der Waals surface area contributed by atoms with Gasteiger partial charge in [-0.25, -0.2) is 8.42 Å². The number of nitrogens with zero attached hydrogens (tertiary/aromatic N) is 1. The average Bonchev–Trinajstić information content (AvgIpc) is 2.30. The highest BCUT2D eigenvalue weighted by Crippen LogP contribution is 2.27. The summed E-state index contributed by atoms with van der Waals surface area (Å²) in [6.45, 7) is 0.413. The normalized spacial score (nSPS) is 19.1. The molecule has 2 N–H and O–H groups in total. The van der Waals surface area contributed by atoms with Crippen molar-refractivity contribution >= 4 is 10.0 Å². The zero-order chi connectivity index (χ0) is 12.9. The maximum atomic E-state index is 12.6. The summed E-state index contributed by atoms with van der Waals surface area (Å²) in [5.41, 5.74) is 5.32. The summed E-state index contributed by atoms with van der Waals surface area (Å²) in [6, 6.07) is -0.269. The van der Waals surface area contributed by atoms with Crippen LogP contribution in [0.4, 0.5) is 8.78 Å². The van der Waals surface area contributed by atoms with Gasteiger partial charge in [-0.3, -0.25) is 0 Å². The average molecular weight is 270 g/mol. The van der Waals surface area contributed by atoms with Gasteiger partial charge in [0.1, 0.15) is 0 Å². The van der Waals surface area contributed by atoms with Crippen LogP contribution in [0.3, 0.4) is 0 Å². The zero-order valence-corrected chi connectivity index (χ0v) is 10.6. The quantitative estimate of drug-likeness (QED) is 0.796. The van der Waals surface area contributed by atoms with Crippen LogP contribution in [0.1, 0.15) is 38.5 Å². The van der Waals surface area contributed by atoms with Gasteiger partial charge < -0.3 is 5.73 Å². The van der Waals surface area contributed by atoms with E-state index >= 15 is 0 Å². The first-order chi connectivity index (χ1) is 8.00. The molecule has 4 nitrogen and oxygen atoms in total. The van der Waals surface area contributed by atoms with Crippen molar-refractivity contribution in [3.63, 3.8) is 0 Å². The number of nitrogens with two attached hydrogens (primary N) is 1. The van der Waals surface area contributed by atoms with Crippen LogP contribution in [0.2, 0.25) is 0 Å². The van der Waals surface area contributed by atoms with Gasteiger partial charge in [-0.2, -0.15) is 13.1 Å². The highest BCUT2D eigenvalue weighted by Gasteiger charge is 2.36. The molecule has 1 fully saturated rings. The maximum absolute atomic E-state index is 12.6. The first kappa shape index (κ1) is 14.8. The van der Waals surface area contributed by atoms with Crippen molar-refractivity contribution in [3.8, 4) is 0 Å². The fraction of sp³-hybridized carbons (Fsp3) is 1.00. The SMILES string of the molecule is NCCCN(C1CCCCC1)S(=O)(=O)C(F)F. The Morgan fingerprint density at radius 2 is 1.82 bits per heavy atom. The summed E-state index contributed by atoms with van der Waals surface area (Å²) >= 11 is 0. The van der Waals surface area contributed by atoms with Crippen LogP contribution in [0.25, 0.3) is 0 Å². The molecule has 0 spiro atoms. The molecule has 1 rings (SSSR count). The van der Waals surface area contributed by atoms with Crippen molar-refractivity contribution in [3.05, 3.63) is 0 Å². The second kappa shape index (κ2) is 6.61. The van der Waals surface area contributed by atoms with Crippen LogP contribution in [0, 0.1) is 0 Å². The molecule has 1 aliphatic rings. The molecule has 0 aromatic carbocycles. The van der Waals surface area contributed by atoms with Crippen molar-refractivity contribution < 1.29 is 17.2 Å². The fourth-order valence-corrected chi connectivity index (χ4v) is 3.45. The summed E-state index contributed by atoms with van der Waals surface area (Å²) < 4.78 is 49.3. The smallest absolute Gasteiger partial charge is 0.330 e. The van der Waals surface area contributed by atoms with Gasteiger partial charge in [0, 0.05) is 12.6 Å². The third-order valence-electron chi connectivity index (χ3n) is 3.12. The van der Waals surface area contributed by atoms with E-state index in [9.17, 15) is 17.2 Å². The number of rotatable bonds is 6. The third-order valence-corrected chi connectivity index (χ3v) is 4.70. The Balaban J connectivity index is 2.78. The molecule has 0 aromatic heterocycles. The summed E-state index contributed by atoms with van der Waals surface area (Å²) in [6.07, 6.45) is 4.64. The van der Waals surface area contributed by atoms with Gasteiger partial charge in [0.15, 0.2) is 0 Å². The molecular formula is C10H20F2N2O2S. The molecule has 0 amide bonds. The second-order valence-electron chi connectivity index (χ2n) is 4.35. The van der Waals surface area contributed by atoms with Crippen LogP contribution in [-0.2, 0) is 10.0 Å². The van der Waals surface area contributed by atoms with Gasteiger partial charge in [0.25, 0.3) is 10.0 Å². The zero-order valence-electron chi connectivity index (χ0n) is 9.82. The van der Waals surface area contributed by atoms with E-state index in [1.807, 2.05) is 0 Å². The third kappa shape index (κ3) is 3.86. The topological polar surface area (TPSA) is 63.4 Å². The monoisotopic (exact) mass is 270 g/mol. The van der Waals surface area contributed by atoms with Crippen molar-refractivity contribution in [2.24, 2.45) is 5.73 Å². The Labute approximate surface area is 101 Å². The lowest BCUT2D eigenvalue weighted by molar-refractivity contribution is 0.194. The highest BCUT2D eigenvalue weighted by atomic mass is 32.2. The molecule has 0 saturated heterocycles. The van der Waals surface area contributed by atoms with E-state index in [2.05, 4.69) is 0 Å². The van der Waals surface area contributed by atoms with Gasteiger partial charge in [0.05, 0.1) is 0 Å². The Hall–Kier alpha value is -0.270. The minimum Gasteiger partial charge on any atom is -0.330 e. The molecule has 0 unspecified atom stereocenters. The number of hydrogen-bond donors (Lipinski definition) is 1. The maximum Gasteiger partial charge on any atom is 0.350 e. The van der Waals surface area contributed by atoms with Crippen molar-refractivity contribution in [1.82, 2.24) is 4.31 Å².